The van der Waals surface area contributed by atoms with Gasteiger partial charge < -0.3 is 15.1 Å². The van der Waals surface area contributed by atoms with E-state index in [1.54, 1.807) is 6.20 Å². The summed E-state index contributed by atoms with van der Waals surface area (Å²) < 4.78 is 0. The number of hydrogen-bond acceptors (Lipinski definition) is 2. The molecule has 1 unspecified atom stereocenters. The van der Waals surface area contributed by atoms with E-state index < -0.39 is 0 Å². The summed E-state index contributed by atoms with van der Waals surface area (Å²) in [5.74, 6) is 0.102. The number of benzene rings is 1. The van der Waals surface area contributed by atoms with Gasteiger partial charge in [-0.05, 0) is 17.2 Å². The number of nitrogens with one attached hydrogen (secondary N) is 2. The number of rotatable bonds is 3. The molecule has 4 nitrogen and oxygen atoms in total. The lowest BCUT2D eigenvalue weighted by Crippen LogP contribution is -2.00. The standard InChI is InChI=1S/C12H14N2O2/c1-8(7-15)9-3-2-4-10(5-9)11-6-13-12(16)14-11/h2-6,8,15H,7H2,1H3,(H2,13,14,16). The second-order valence-corrected chi connectivity index (χ2v) is 3.87. The van der Waals surface area contributed by atoms with Crippen LogP contribution in [0, 0.1) is 0 Å². The molecule has 16 heavy (non-hydrogen) atoms. The van der Waals surface area contributed by atoms with Gasteiger partial charge >= 0.3 is 5.69 Å². The zero-order chi connectivity index (χ0) is 11.5. The number of aromatic amines is 2. The molecule has 0 fully saturated rings. The Morgan fingerprint density at radius 2 is 2.25 bits per heavy atom. The first-order chi connectivity index (χ1) is 7.70. The number of aliphatic hydroxyl groups is 1. The molecule has 0 bridgehead atoms. The molecule has 0 aliphatic heterocycles. The number of imidazole rings is 1. The average Bonchev–Trinajstić information content (AvgIpc) is 2.75. The van der Waals surface area contributed by atoms with Crippen LogP contribution >= 0.6 is 0 Å². The minimum absolute atomic E-state index is 0.102. The maximum atomic E-state index is 11.0. The summed E-state index contributed by atoms with van der Waals surface area (Å²) >= 11 is 0. The number of H-pyrrole nitrogens is 2. The van der Waals surface area contributed by atoms with E-state index in [2.05, 4.69) is 9.97 Å². The molecule has 1 heterocycles. The second kappa shape index (κ2) is 4.37. The number of hydrogen-bond donors (Lipinski definition) is 3. The molecule has 2 aromatic rings. The molecule has 0 spiro atoms. The van der Waals surface area contributed by atoms with Crippen molar-refractivity contribution in [2.45, 2.75) is 12.8 Å². The third kappa shape index (κ3) is 2.06. The molecule has 0 saturated carbocycles. The lowest BCUT2D eigenvalue weighted by atomic mass is 9.99. The van der Waals surface area contributed by atoms with Crippen LogP contribution < -0.4 is 5.69 Å². The SMILES string of the molecule is CC(CO)c1cccc(-c2c[nH]c(=O)[nH]2)c1. The van der Waals surface area contributed by atoms with Crippen LogP contribution in [0.5, 0.6) is 0 Å². The molecular formula is C12H14N2O2. The van der Waals surface area contributed by atoms with Crippen LogP contribution in [0.3, 0.4) is 0 Å². The minimum Gasteiger partial charge on any atom is -0.396 e. The monoisotopic (exact) mass is 218 g/mol. The smallest absolute Gasteiger partial charge is 0.323 e. The van der Waals surface area contributed by atoms with Crippen molar-refractivity contribution >= 4 is 0 Å². The van der Waals surface area contributed by atoms with Gasteiger partial charge in [0.2, 0.25) is 0 Å². The quantitative estimate of drug-likeness (QED) is 0.730. The van der Waals surface area contributed by atoms with E-state index in [-0.39, 0.29) is 18.2 Å². The summed E-state index contributed by atoms with van der Waals surface area (Å²) in [5, 5.41) is 9.09. The third-order valence-electron chi connectivity index (χ3n) is 2.64. The second-order valence-electron chi connectivity index (χ2n) is 3.87. The highest BCUT2D eigenvalue weighted by Crippen LogP contribution is 2.21. The molecule has 84 valence electrons. The lowest BCUT2D eigenvalue weighted by molar-refractivity contribution is 0.273. The molecule has 1 aromatic carbocycles. The van der Waals surface area contributed by atoms with E-state index in [9.17, 15) is 4.79 Å². The maximum absolute atomic E-state index is 11.0. The molecule has 1 aromatic heterocycles. The van der Waals surface area contributed by atoms with Crippen LogP contribution in [-0.2, 0) is 0 Å². The Bertz CT molecular complexity index is 528. The Morgan fingerprint density at radius 3 is 2.88 bits per heavy atom. The van der Waals surface area contributed by atoms with Crippen molar-refractivity contribution in [1.29, 1.82) is 0 Å². The Labute approximate surface area is 93.0 Å². The molecule has 3 N–H and O–H groups in total. The molecule has 4 heteroatoms. The Morgan fingerprint density at radius 1 is 1.44 bits per heavy atom. The van der Waals surface area contributed by atoms with E-state index >= 15 is 0 Å². The van der Waals surface area contributed by atoms with Gasteiger partial charge in [-0.25, -0.2) is 4.79 Å². The third-order valence-corrected chi connectivity index (χ3v) is 2.64. The zero-order valence-electron chi connectivity index (χ0n) is 9.03. The van der Waals surface area contributed by atoms with Gasteiger partial charge in [0.1, 0.15) is 0 Å². The highest BCUT2D eigenvalue weighted by molar-refractivity contribution is 5.59. The topological polar surface area (TPSA) is 68.9 Å². The van der Waals surface area contributed by atoms with E-state index in [4.69, 9.17) is 5.11 Å². The summed E-state index contributed by atoms with van der Waals surface area (Å²) in [6.07, 6.45) is 1.64. The van der Waals surface area contributed by atoms with Gasteiger partial charge in [0.15, 0.2) is 0 Å². The van der Waals surface area contributed by atoms with Gasteiger partial charge in [0.25, 0.3) is 0 Å². The van der Waals surface area contributed by atoms with E-state index in [0.29, 0.717) is 0 Å². The molecule has 0 aliphatic rings. The van der Waals surface area contributed by atoms with Crippen LogP contribution in [0.1, 0.15) is 18.4 Å². The van der Waals surface area contributed by atoms with Crippen molar-refractivity contribution in [3.63, 3.8) is 0 Å². The van der Waals surface area contributed by atoms with Gasteiger partial charge in [-0.3, -0.25) is 0 Å². The molecular weight excluding hydrogens is 204 g/mol. The fraction of sp³-hybridized carbons (Fsp3) is 0.250. The van der Waals surface area contributed by atoms with Crippen molar-refractivity contribution in [3.8, 4) is 11.3 Å². The molecule has 0 amide bonds. The van der Waals surface area contributed by atoms with Crippen LogP contribution in [0.15, 0.2) is 35.3 Å². The van der Waals surface area contributed by atoms with Gasteiger partial charge in [0.05, 0.1) is 5.69 Å². The van der Waals surface area contributed by atoms with Crippen molar-refractivity contribution in [1.82, 2.24) is 9.97 Å². The zero-order valence-corrected chi connectivity index (χ0v) is 9.03. The van der Waals surface area contributed by atoms with Crippen molar-refractivity contribution in [3.05, 3.63) is 46.5 Å². The van der Waals surface area contributed by atoms with Crippen LogP contribution in [0.2, 0.25) is 0 Å². The van der Waals surface area contributed by atoms with E-state index in [1.165, 1.54) is 0 Å². The molecule has 0 radical (unpaired) electrons. The highest BCUT2D eigenvalue weighted by atomic mass is 16.3. The number of aliphatic hydroxyl groups excluding tert-OH is 1. The van der Waals surface area contributed by atoms with Crippen LogP contribution in [0.4, 0.5) is 0 Å². The van der Waals surface area contributed by atoms with Gasteiger partial charge in [-0.1, -0.05) is 25.1 Å². The fourth-order valence-electron chi connectivity index (χ4n) is 1.61. The largest absolute Gasteiger partial charge is 0.396 e. The molecule has 0 saturated heterocycles. The van der Waals surface area contributed by atoms with Crippen molar-refractivity contribution in [2.24, 2.45) is 0 Å². The van der Waals surface area contributed by atoms with Gasteiger partial charge in [-0.15, -0.1) is 0 Å². The van der Waals surface area contributed by atoms with Crippen molar-refractivity contribution in [2.75, 3.05) is 6.61 Å². The number of aromatic nitrogens is 2. The lowest BCUT2D eigenvalue weighted by Gasteiger charge is -2.09. The Hall–Kier alpha value is -1.81. The normalized spacial score (nSPS) is 12.6. The Balaban J connectivity index is 2.39. The van der Waals surface area contributed by atoms with Crippen molar-refractivity contribution < 1.29 is 5.11 Å². The molecule has 2 rings (SSSR count). The van der Waals surface area contributed by atoms with Crippen LogP contribution in [0.25, 0.3) is 11.3 Å². The summed E-state index contributed by atoms with van der Waals surface area (Å²) in [5.41, 5.74) is 2.55. The molecule has 0 aliphatic carbocycles. The summed E-state index contributed by atoms with van der Waals surface area (Å²) in [7, 11) is 0. The predicted molar refractivity (Wildman–Crippen MR) is 62.4 cm³/mol. The summed E-state index contributed by atoms with van der Waals surface area (Å²) in [6, 6.07) is 7.78. The van der Waals surface area contributed by atoms with E-state index in [1.807, 2.05) is 31.2 Å². The van der Waals surface area contributed by atoms with Crippen LogP contribution in [-0.4, -0.2) is 21.7 Å². The molecule has 1 atom stereocenters. The Kier molecular flexibility index (Phi) is 2.92. The van der Waals surface area contributed by atoms with Gasteiger partial charge in [-0.2, -0.15) is 0 Å². The summed E-state index contributed by atoms with van der Waals surface area (Å²) in [6.45, 7) is 2.08. The minimum atomic E-state index is -0.212. The first-order valence-corrected chi connectivity index (χ1v) is 5.19. The fourth-order valence-corrected chi connectivity index (χ4v) is 1.61. The van der Waals surface area contributed by atoms with E-state index in [0.717, 1.165) is 16.8 Å². The highest BCUT2D eigenvalue weighted by Gasteiger charge is 2.06. The summed E-state index contributed by atoms with van der Waals surface area (Å²) in [4.78, 5) is 16.3. The average molecular weight is 218 g/mol. The predicted octanol–water partition coefficient (Wildman–Crippen LogP) is 1.47. The van der Waals surface area contributed by atoms with Gasteiger partial charge in [0, 0.05) is 18.7 Å². The first-order valence-electron chi connectivity index (χ1n) is 5.19. The first kappa shape index (κ1) is 10.7. The maximum Gasteiger partial charge on any atom is 0.323 e.